The van der Waals surface area contributed by atoms with Gasteiger partial charge in [-0.3, -0.25) is 9.59 Å². The van der Waals surface area contributed by atoms with Crippen LogP contribution in [0.1, 0.15) is 20.4 Å². The van der Waals surface area contributed by atoms with E-state index in [0.717, 1.165) is 9.91 Å². The van der Waals surface area contributed by atoms with E-state index in [0.29, 0.717) is 16.3 Å². The van der Waals surface area contributed by atoms with Crippen molar-refractivity contribution in [3.63, 3.8) is 0 Å². The summed E-state index contributed by atoms with van der Waals surface area (Å²) in [6.45, 7) is 2.75. The Morgan fingerprint density at radius 1 is 1.23 bits per heavy atom. The number of benzene rings is 1. The first-order valence-corrected chi connectivity index (χ1v) is 8.48. The van der Waals surface area contributed by atoms with Gasteiger partial charge in [0.25, 0.3) is 5.91 Å². The molecule has 0 radical (unpaired) electrons. The lowest BCUT2D eigenvalue weighted by molar-refractivity contribution is -0.136. The van der Waals surface area contributed by atoms with E-state index in [-0.39, 0.29) is 6.54 Å². The summed E-state index contributed by atoms with van der Waals surface area (Å²) in [6, 6.07) is 5.26. The number of aromatic nitrogens is 1. The Balaban J connectivity index is 1.81. The minimum Gasteiger partial charge on any atom is -0.451 e. The number of hydrogen-bond acceptors (Lipinski definition) is 6. The number of nitrogens with one attached hydrogen (secondary N) is 1. The standard InChI is InChI=1S/C17H18FN3O4S/c1-10-16(26-11(2)19-10)17(24)25-9-15(23)21(3)8-14(22)20-13-6-4-12(18)5-7-13/h4-7H,8-9H2,1-3H3,(H,20,22). The minimum atomic E-state index is -0.620. The van der Waals surface area contributed by atoms with Crippen LogP contribution in [-0.4, -0.2) is 47.9 Å². The average Bonchev–Trinajstić information content (AvgIpc) is 2.92. The maximum Gasteiger partial charge on any atom is 0.350 e. The second-order valence-corrected chi connectivity index (χ2v) is 6.73. The van der Waals surface area contributed by atoms with E-state index in [1.165, 1.54) is 42.6 Å². The minimum absolute atomic E-state index is 0.230. The highest BCUT2D eigenvalue weighted by molar-refractivity contribution is 7.13. The van der Waals surface area contributed by atoms with E-state index in [9.17, 15) is 18.8 Å². The van der Waals surface area contributed by atoms with Crippen molar-refractivity contribution in [3.8, 4) is 0 Å². The maximum absolute atomic E-state index is 12.8. The van der Waals surface area contributed by atoms with Gasteiger partial charge in [0, 0.05) is 12.7 Å². The van der Waals surface area contributed by atoms with Crippen LogP contribution < -0.4 is 5.32 Å². The van der Waals surface area contributed by atoms with E-state index in [2.05, 4.69) is 10.3 Å². The van der Waals surface area contributed by atoms with Crippen LogP contribution in [0.5, 0.6) is 0 Å². The van der Waals surface area contributed by atoms with E-state index in [4.69, 9.17) is 4.74 Å². The molecule has 1 aromatic heterocycles. The van der Waals surface area contributed by atoms with Crippen LogP contribution in [0.15, 0.2) is 24.3 Å². The number of hydrogen-bond donors (Lipinski definition) is 1. The zero-order valence-corrected chi connectivity index (χ0v) is 15.4. The first-order valence-electron chi connectivity index (χ1n) is 7.67. The van der Waals surface area contributed by atoms with Gasteiger partial charge in [-0.15, -0.1) is 11.3 Å². The molecule has 0 saturated heterocycles. The van der Waals surface area contributed by atoms with Gasteiger partial charge in [0.2, 0.25) is 5.91 Å². The molecule has 0 unspecified atom stereocenters. The topological polar surface area (TPSA) is 88.6 Å². The normalized spacial score (nSPS) is 10.3. The first-order chi connectivity index (χ1) is 12.3. The molecule has 0 spiro atoms. The third kappa shape index (κ3) is 5.35. The SMILES string of the molecule is Cc1nc(C)c(C(=O)OCC(=O)N(C)CC(=O)Nc2ccc(F)cc2)s1. The Morgan fingerprint density at radius 3 is 2.46 bits per heavy atom. The quantitative estimate of drug-likeness (QED) is 0.777. The van der Waals surface area contributed by atoms with Crippen molar-refractivity contribution in [2.45, 2.75) is 13.8 Å². The zero-order chi connectivity index (χ0) is 19.3. The van der Waals surface area contributed by atoms with Gasteiger partial charge >= 0.3 is 5.97 Å². The molecule has 0 aliphatic heterocycles. The van der Waals surface area contributed by atoms with Gasteiger partial charge in [0.1, 0.15) is 10.7 Å². The van der Waals surface area contributed by atoms with E-state index >= 15 is 0 Å². The number of likely N-dealkylation sites (N-methyl/N-ethyl adjacent to an activating group) is 1. The van der Waals surface area contributed by atoms with Crippen LogP contribution in [0.2, 0.25) is 0 Å². The molecule has 7 nitrogen and oxygen atoms in total. The molecule has 1 N–H and O–H groups in total. The van der Waals surface area contributed by atoms with Crippen LogP contribution in [0.3, 0.4) is 0 Å². The van der Waals surface area contributed by atoms with Gasteiger partial charge < -0.3 is 15.0 Å². The summed E-state index contributed by atoms with van der Waals surface area (Å²) in [5.74, 6) is -2.01. The van der Waals surface area contributed by atoms with Gasteiger partial charge in [-0.25, -0.2) is 14.2 Å². The molecule has 0 fully saturated rings. The van der Waals surface area contributed by atoms with Crippen LogP contribution >= 0.6 is 11.3 Å². The zero-order valence-electron chi connectivity index (χ0n) is 14.5. The smallest absolute Gasteiger partial charge is 0.350 e. The van der Waals surface area contributed by atoms with Crippen LogP contribution in [0.4, 0.5) is 10.1 Å². The van der Waals surface area contributed by atoms with Crippen LogP contribution in [0, 0.1) is 19.7 Å². The highest BCUT2D eigenvalue weighted by Gasteiger charge is 2.19. The number of carbonyl (C=O) groups is 3. The van der Waals surface area contributed by atoms with Crippen LogP contribution in [-0.2, 0) is 14.3 Å². The van der Waals surface area contributed by atoms with Crippen molar-refractivity contribution in [3.05, 3.63) is 45.7 Å². The second kappa shape index (κ2) is 8.52. The van der Waals surface area contributed by atoms with Crippen molar-refractivity contribution >= 4 is 34.8 Å². The number of thiazole rings is 1. The number of halogens is 1. The predicted octanol–water partition coefficient (Wildman–Crippen LogP) is 2.15. The summed E-state index contributed by atoms with van der Waals surface area (Å²) in [5, 5.41) is 3.27. The summed E-state index contributed by atoms with van der Waals surface area (Å²) in [5.41, 5.74) is 0.969. The van der Waals surface area contributed by atoms with Gasteiger partial charge in [-0.05, 0) is 38.1 Å². The highest BCUT2D eigenvalue weighted by atomic mass is 32.1. The molecule has 0 atom stereocenters. The number of esters is 1. The summed E-state index contributed by atoms with van der Waals surface area (Å²) in [7, 11) is 1.42. The molecule has 0 aliphatic carbocycles. The Bertz CT molecular complexity index is 820. The van der Waals surface area contributed by atoms with Crippen molar-refractivity contribution < 1.29 is 23.5 Å². The van der Waals surface area contributed by atoms with Gasteiger partial charge in [0.15, 0.2) is 6.61 Å². The molecule has 138 valence electrons. The Morgan fingerprint density at radius 2 is 1.88 bits per heavy atom. The number of anilines is 1. The summed E-state index contributed by atoms with van der Waals surface area (Å²) in [4.78, 5) is 41.5. The van der Waals surface area contributed by atoms with Crippen molar-refractivity contribution in [2.75, 3.05) is 25.5 Å². The largest absolute Gasteiger partial charge is 0.451 e. The molecule has 2 rings (SSSR count). The average molecular weight is 379 g/mol. The number of rotatable bonds is 6. The molecule has 1 aromatic carbocycles. The van der Waals surface area contributed by atoms with Crippen molar-refractivity contribution in [1.29, 1.82) is 0 Å². The molecule has 0 bridgehead atoms. The van der Waals surface area contributed by atoms with Gasteiger partial charge in [-0.2, -0.15) is 0 Å². The first kappa shape index (κ1) is 19.5. The molecule has 26 heavy (non-hydrogen) atoms. The third-order valence-electron chi connectivity index (χ3n) is 3.35. The molecule has 2 aromatic rings. The van der Waals surface area contributed by atoms with E-state index < -0.39 is 30.2 Å². The Hall–Kier alpha value is -2.81. The molecule has 9 heteroatoms. The lowest BCUT2D eigenvalue weighted by Gasteiger charge is -2.16. The summed E-state index contributed by atoms with van der Waals surface area (Å²) >= 11 is 1.19. The number of carbonyl (C=O) groups excluding carboxylic acids is 3. The molecular formula is C17H18FN3O4S. The lowest BCUT2D eigenvalue weighted by Crippen LogP contribution is -2.37. The lowest BCUT2D eigenvalue weighted by atomic mass is 10.3. The third-order valence-corrected chi connectivity index (χ3v) is 4.40. The van der Waals surface area contributed by atoms with E-state index in [1.54, 1.807) is 13.8 Å². The van der Waals surface area contributed by atoms with Crippen molar-refractivity contribution in [2.24, 2.45) is 0 Å². The number of ether oxygens (including phenoxy) is 1. The fraction of sp³-hybridized carbons (Fsp3) is 0.294. The Labute approximate surface area is 153 Å². The molecule has 2 amide bonds. The molecule has 0 saturated carbocycles. The fourth-order valence-electron chi connectivity index (χ4n) is 2.06. The predicted molar refractivity (Wildman–Crippen MR) is 94.5 cm³/mol. The number of amides is 2. The van der Waals surface area contributed by atoms with Crippen molar-refractivity contribution in [1.82, 2.24) is 9.88 Å². The van der Waals surface area contributed by atoms with Crippen LogP contribution in [0.25, 0.3) is 0 Å². The van der Waals surface area contributed by atoms with Gasteiger partial charge in [0.05, 0.1) is 17.2 Å². The monoisotopic (exact) mass is 379 g/mol. The maximum atomic E-state index is 12.8. The van der Waals surface area contributed by atoms with Gasteiger partial charge in [-0.1, -0.05) is 0 Å². The second-order valence-electron chi connectivity index (χ2n) is 5.53. The Kier molecular flexibility index (Phi) is 6.40. The highest BCUT2D eigenvalue weighted by Crippen LogP contribution is 2.18. The molecular weight excluding hydrogens is 361 g/mol. The summed E-state index contributed by atoms with van der Waals surface area (Å²) in [6.07, 6.45) is 0. The fourth-order valence-corrected chi connectivity index (χ4v) is 2.87. The number of aryl methyl sites for hydroxylation is 2. The van der Waals surface area contributed by atoms with E-state index in [1.807, 2.05) is 0 Å². The molecule has 1 heterocycles. The number of nitrogens with zero attached hydrogens (tertiary/aromatic N) is 2. The molecule has 0 aliphatic rings. The summed E-state index contributed by atoms with van der Waals surface area (Å²) < 4.78 is 17.8.